The van der Waals surface area contributed by atoms with Gasteiger partial charge in [-0.1, -0.05) is 23.7 Å². The van der Waals surface area contributed by atoms with Crippen molar-refractivity contribution in [3.8, 4) is 28.3 Å². The third kappa shape index (κ3) is 4.34. The van der Waals surface area contributed by atoms with E-state index in [0.717, 1.165) is 11.1 Å². The van der Waals surface area contributed by atoms with Crippen molar-refractivity contribution in [2.24, 2.45) is 0 Å². The minimum Gasteiger partial charge on any atom is -0.493 e. The van der Waals surface area contributed by atoms with E-state index in [1.54, 1.807) is 42.6 Å². The summed E-state index contributed by atoms with van der Waals surface area (Å²) in [6, 6.07) is 14.1. The number of aliphatic hydroxyl groups excluding tert-OH is 1. The Morgan fingerprint density at radius 3 is 2.53 bits per heavy atom. The number of aromatic nitrogens is 3. The van der Waals surface area contributed by atoms with Gasteiger partial charge < -0.3 is 19.7 Å². The van der Waals surface area contributed by atoms with Crippen molar-refractivity contribution in [1.82, 2.24) is 14.2 Å². The molecule has 2 aromatic carbocycles. The van der Waals surface area contributed by atoms with Crippen molar-refractivity contribution >= 4 is 17.1 Å². The van der Waals surface area contributed by atoms with Crippen molar-refractivity contribution in [2.75, 3.05) is 20.3 Å². The van der Waals surface area contributed by atoms with Crippen molar-refractivity contribution in [3.05, 3.63) is 76.4 Å². The van der Waals surface area contributed by atoms with Crippen LogP contribution in [0, 0.1) is 0 Å². The molecule has 166 valence electrons. The van der Waals surface area contributed by atoms with Gasteiger partial charge in [0.05, 0.1) is 19.4 Å². The highest BCUT2D eigenvalue weighted by atomic mass is 35.5. The number of methoxy groups -OCH3 is 1. The molecule has 0 spiro atoms. The molecule has 4 aromatic rings. The molecule has 0 bridgehead atoms. The summed E-state index contributed by atoms with van der Waals surface area (Å²) in [4.78, 5) is 13.2. The van der Waals surface area contributed by atoms with Gasteiger partial charge in [0, 0.05) is 22.8 Å². The largest absolute Gasteiger partial charge is 0.493 e. The lowest BCUT2D eigenvalue weighted by molar-refractivity contribution is -0.0329. The fourth-order valence-corrected chi connectivity index (χ4v) is 3.30. The second kappa shape index (κ2) is 8.66. The van der Waals surface area contributed by atoms with Gasteiger partial charge in [-0.05, 0) is 42.8 Å². The van der Waals surface area contributed by atoms with E-state index < -0.39 is 12.2 Å². The van der Waals surface area contributed by atoms with E-state index in [1.165, 1.54) is 29.4 Å². The van der Waals surface area contributed by atoms with E-state index in [9.17, 15) is 15.0 Å². The van der Waals surface area contributed by atoms with Gasteiger partial charge in [0.25, 0.3) is 5.56 Å². The molecular weight excluding hydrogens is 434 g/mol. The van der Waals surface area contributed by atoms with Crippen LogP contribution in [0.2, 0.25) is 5.02 Å². The highest BCUT2D eigenvalue weighted by molar-refractivity contribution is 6.30. The zero-order valence-corrected chi connectivity index (χ0v) is 18.3. The number of rotatable bonds is 7. The van der Waals surface area contributed by atoms with Gasteiger partial charge in [0.1, 0.15) is 24.1 Å². The molecule has 0 saturated heterocycles. The standard InChI is InChI=1S/C23H22ClN3O5/c1-23(30,12-28)13-32-20-8-7-18(10-21(20)31-2)26-14-25-27-11-16(9-19(27)22(26)29)15-3-5-17(24)6-4-15/h3-11,14,28,30H,12-13H2,1-2H3. The van der Waals surface area contributed by atoms with Crippen LogP contribution in [0.3, 0.4) is 0 Å². The van der Waals surface area contributed by atoms with Crippen molar-refractivity contribution in [1.29, 1.82) is 0 Å². The Labute approximate surface area is 188 Å². The van der Waals surface area contributed by atoms with Gasteiger partial charge in [0.2, 0.25) is 0 Å². The maximum atomic E-state index is 13.2. The van der Waals surface area contributed by atoms with Crippen LogP contribution in [-0.4, -0.2) is 50.3 Å². The van der Waals surface area contributed by atoms with E-state index in [4.69, 9.17) is 21.1 Å². The van der Waals surface area contributed by atoms with Crippen molar-refractivity contribution in [2.45, 2.75) is 12.5 Å². The number of benzene rings is 2. The molecule has 1 atom stereocenters. The highest BCUT2D eigenvalue weighted by Crippen LogP contribution is 2.30. The fourth-order valence-electron chi connectivity index (χ4n) is 3.18. The molecule has 9 heteroatoms. The summed E-state index contributed by atoms with van der Waals surface area (Å²) in [5, 5.41) is 24.1. The Morgan fingerprint density at radius 2 is 1.84 bits per heavy atom. The Bertz CT molecular complexity index is 1310. The zero-order chi connectivity index (χ0) is 22.9. The minimum absolute atomic E-state index is 0.121. The molecular formula is C23H22ClN3O5. The Kier molecular flexibility index (Phi) is 5.92. The van der Waals surface area contributed by atoms with E-state index in [1.807, 2.05) is 12.1 Å². The van der Waals surface area contributed by atoms with Crippen molar-refractivity contribution in [3.63, 3.8) is 0 Å². The lowest BCUT2D eigenvalue weighted by atomic mass is 10.1. The summed E-state index contributed by atoms with van der Waals surface area (Å²) in [7, 11) is 1.48. The zero-order valence-electron chi connectivity index (χ0n) is 17.5. The molecule has 0 radical (unpaired) electrons. The average Bonchev–Trinajstić information content (AvgIpc) is 3.24. The third-order valence-corrected chi connectivity index (χ3v) is 5.26. The van der Waals surface area contributed by atoms with Crippen LogP contribution < -0.4 is 15.0 Å². The third-order valence-electron chi connectivity index (χ3n) is 5.01. The van der Waals surface area contributed by atoms with Gasteiger partial charge in [-0.25, -0.2) is 4.52 Å². The van der Waals surface area contributed by atoms with Crippen LogP contribution >= 0.6 is 11.6 Å². The Morgan fingerprint density at radius 1 is 1.09 bits per heavy atom. The molecule has 0 saturated carbocycles. The molecule has 32 heavy (non-hydrogen) atoms. The smallest absolute Gasteiger partial charge is 0.282 e. The molecule has 4 rings (SSSR count). The van der Waals surface area contributed by atoms with Crippen molar-refractivity contribution < 1.29 is 19.7 Å². The Hall–Kier alpha value is -3.33. The van der Waals surface area contributed by atoms with Gasteiger partial charge in [-0.2, -0.15) is 5.10 Å². The first-order chi connectivity index (χ1) is 15.3. The minimum atomic E-state index is -1.38. The second-order valence-corrected chi connectivity index (χ2v) is 8.09. The summed E-state index contributed by atoms with van der Waals surface area (Å²) >= 11 is 5.96. The molecule has 0 aliphatic carbocycles. The number of aliphatic hydroxyl groups is 2. The van der Waals surface area contributed by atoms with E-state index in [0.29, 0.717) is 27.7 Å². The number of hydrogen-bond donors (Lipinski definition) is 2. The number of nitrogens with zero attached hydrogens (tertiary/aromatic N) is 3. The maximum Gasteiger partial charge on any atom is 0.282 e. The summed E-state index contributed by atoms with van der Waals surface area (Å²) < 4.78 is 13.9. The second-order valence-electron chi connectivity index (χ2n) is 7.65. The molecule has 2 N–H and O–H groups in total. The first-order valence-electron chi connectivity index (χ1n) is 9.82. The predicted molar refractivity (Wildman–Crippen MR) is 121 cm³/mol. The number of fused-ring (bicyclic) bond motifs is 1. The number of halogens is 1. The van der Waals surface area contributed by atoms with Crippen LogP contribution in [0.15, 0.2) is 65.8 Å². The SMILES string of the molecule is COc1cc(-n2cnn3cc(-c4ccc(Cl)cc4)cc3c2=O)ccc1OCC(C)(O)CO. The lowest BCUT2D eigenvalue weighted by Crippen LogP contribution is -2.36. The summed E-state index contributed by atoms with van der Waals surface area (Å²) in [5.41, 5.74) is 1.09. The van der Waals surface area contributed by atoms with Crippen LogP contribution in [-0.2, 0) is 0 Å². The summed E-state index contributed by atoms with van der Waals surface area (Å²) in [6.07, 6.45) is 3.22. The van der Waals surface area contributed by atoms with E-state index in [-0.39, 0.29) is 12.2 Å². The molecule has 2 aromatic heterocycles. The van der Waals surface area contributed by atoms with Crippen LogP contribution in [0.25, 0.3) is 22.3 Å². The van der Waals surface area contributed by atoms with E-state index in [2.05, 4.69) is 5.10 Å². The molecule has 0 amide bonds. The van der Waals surface area contributed by atoms with Gasteiger partial charge >= 0.3 is 0 Å². The summed E-state index contributed by atoms with van der Waals surface area (Å²) in [5.74, 6) is 0.750. The lowest BCUT2D eigenvalue weighted by Gasteiger charge is -2.21. The number of hydrogen-bond acceptors (Lipinski definition) is 6. The molecule has 2 heterocycles. The van der Waals surface area contributed by atoms with Gasteiger partial charge in [0.15, 0.2) is 11.5 Å². The quantitative estimate of drug-likeness (QED) is 0.444. The molecule has 8 nitrogen and oxygen atoms in total. The van der Waals surface area contributed by atoms with E-state index >= 15 is 0 Å². The topological polar surface area (TPSA) is 98.2 Å². The van der Waals surface area contributed by atoms with Gasteiger partial charge in [-0.15, -0.1) is 0 Å². The van der Waals surface area contributed by atoms with Crippen LogP contribution in [0.5, 0.6) is 11.5 Å². The normalized spacial score (nSPS) is 13.2. The molecule has 0 fully saturated rings. The first-order valence-corrected chi connectivity index (χ1v) is 10.2. The first kappa shape index (κ1) is 21.9. The summed E-state index contributed by atoms with van der Waals surface area (Å²) in [6.45, 7) is 0.901. The molecule has 0 aliphatic heterocycles. The van der Waals surface area contributed by atoms with Gasteiger partial charge in [-0.3, -0.25) is 9.36 Å². The Balaban J connectivity index is 1.69. The maximum absolute atomic E-state index is 13.2. The number of ether oxygens (including phenoxy) is 2. The fraction of sp³-hybridized carbons (Fsp3) is 0.217. The predicted octanol–water partition coefficient (Wildman–Crippen LogP) is 2.94. The van der Waals surface area contributed by atoms with Crippen LogP contribution in [0.1, 0.15) is 6.92 Å². The average molecular weight is 456 g/mol. The van der Waals surface area contributed by atoms with Crippen LogP contribution in [0.4, 0.5) is 0 Å². The monoisotopic (exact) mass is 455 g/mol. The highest BCUT2D eigenvalue weighted by Gasteiger charge is 2.21. The molecule has 1 unspecified atom stereocenters. The molecule has 0 aliphatic rings.